The minimum absolute atomic E-state index is 0.00602. The van der Waals surface area contributed by atoms with Crippen molar-refractivity contribution in [2.75, 3.05) is 0 Å². The second kappa shape index (κ2) is 4.10. The molecule has 1 unspecified atom stereocenters. The summed E-state index contributed by atoms with van der Waals surface area (Å²) >= 11 is 0. The first-order valence-electron chi connectivity index (χ1n) is 6.60. The first-order chi connectivity index (χ1) is 9.45. The Morgan fingerprint density at radius 2 is 1.80 bits per heavy atom. The molecule has 2 aromatic carbocycles. The van der Waals surface area contributed by atoms with Crippen LogP contribution in [0, 0.1) is 6.92 Å². The van der Waals surface area contributed by atoms with E-state index in [0.29, 0.717) is 17.5 Å². The minimum Gasteiger partial charge on any atom is -0.504 e. The third-order valence-electron chi connectivity index (χ3n) is 4.29. The summed E-state index contributed by atoms with van der Waals surface area (Å²) in [5.74, 6) is -0.354. The second-order valence-corrected chi connectivity index (χ2v) is 5.61. The van der Waals surface area contributed by atoms with Gasteiger partial charge in [0.2, 0.25) is 0 Å². The Bertz CT molecular complexity index is 704. The van der Waals surface area contributed by atoms with Crippen molar-refractivity contribution in [1.82, 2.24) is 0 Å². The van der Waals surface area contributed by atoms with E-state index in [1.54, 1.807) is 6.92 Å². The predicted octanol–water partition coefficient (Wildman–Crippen LogP) is 3.10. The van der Waals surface area contributed by atoms with Crippen molar-refractivity contribution in [2.45, 2.75) is 25.7 Å². The molecule has 3 heteroatoms. The van der Waals surface area contributed by atoms with Crippen LogP contribution in [0.4, 0.5) is 0 Å². The molecule has 0 bridgehead atoms. The van der Waals surface area contributed by atoms with E-state index >= 15 is 0 Å². The van der Waals surface area contributed by atoms with E-state index in [4.69, 9.17) is 0 Å². The summed E-state index contributed by atoms with van der Waals surface area (Å²) in [7, 11) is 0. The van der Waals surface area contributed by atoms with Crippen molar-refractivity contribution in [3.63, 3.8) is 0 Å². The van der Waals surface area contributed by atoms with Gasteiger partial charge >= 0.3 is 0 Å². The van der Waals surface area contributed by atoms with Gasteiger partial charge in [0.25, 0.3) is 0 Å². The average Bonchev–Trinajstić information content (AvgIpc) is 2.70. The van der Waals surface area contributed by atoms with Crippen LogP contribution in [-0.4, -0.2) is 16.0 Å². The SMILES string of the molecule is Cc1c(O)c(O)cc2c1C(=O)C(C)(c1ccccc1)C2. The fourth-order valence-electron chi connectivity index (χ4n) is 3.09. The Kier molecular flexibility index (Phi) is 2.61. The van der Waals surface area contributed by atoms with Gasteiger partial charge in [-0.05, 0) is 37.5 Å². The second-order valence-electron chi connectivity index (χ2n) is 5.61. The number of phenols is 2. The quantitative estimate of drug-likeness (QED) is 0.781. The molecule has 0 radical (unpaired) electrons. The zero-order valence-corrected chi connectivity index (χ0v) is 11.5. The molecule has 0 heterocycles. The summed E-state index contributed by atoms with van der Waals surface area (Å²) < 4.78 is 0. The van der Waals surface area contributed by atoms with Crippen LogP contribution in [0.15, 0.2) is 36.4 Å². The van der Waals surface area contributed by atoms with Crippen LogP contribution >= 0.6 is 0 Å². The van der Waals surface area contributed by atoms with Crippen LogP contribution in [0.5, 0.6) is 11.5 Å². The lowest BCUT2D eigenvalue weighted by Gasteiger charge is -2.22. The van der Waals surface area contributed by atoms with Crippen LogP contribution in [0.25, 0.3) is 0 Å². The highest BCUT2D eigenvalue weighted by molar-refractivity contribution is 6.09. The molecule has 2 N–H and O–H groups in total. The number of ketones is 1. The van der Waals surface area contributed by atoms with Gasteiger partial charge in [-0.15, -0.1) is 0 Å². The number of carbonyl (C=O) groups excluding carboxylic acids is 1. The van der Waals surface area contributed by atoms with Crippen LogP contribution < -0.4 is 0 Å². The molecule has 0 saturated carbocycles. The molecule has 3 nitrogen and oxygen atoms in total. The van der Waals surface area contributed by atoms with E-state index in [0.717, 1.165) is 11.1 Å². The van der Waals surface area contributed by atoms with Gasteiger partial charge in [-0.2, -0.15) is 0 Å². The van der Waals surface area contributed by atoms with E-state index in [1.807, 2.05) is 37.3 Å². The molecular formula is C17H16O3. The van der Waals surface area contributed by atoms with E-state index < -0.39 is 5.41 Å². The van der Waals surface area contributed by atoms with E-state index in [2.05, 4.69) is 0 Å². The summed E-state index contributed by atoms with van der Waals surface area (Å²) in [5, 5.41) is 19.6. The molecule has 102 valence electrons. The average molecular weight is 268 g/mol. The molecule has 0 aliphatic heterocycles. The molecule has 1 aliphatic rings. The first kappa shape index (κ1) is 12.7. The highest BCUT2D eigenvalue weighted by atomic mass is 16.3. The molecule has 20 heavy (non-hydrogen) atoms. The predicted molar refractivity (Wildman–Crippen MR) is 76.3 cm³/mol. The zero-order chi connectivity index (χ0) is 14.5. The van der Waals surface area contributed by atoms with Gasteiger partial charge in [0.15, 0.2) is 17.3 Å². The topological polar surface area (TPSA) is 57.5 Å². The number of carbonyl (C=O) groups is 1. The van der Waals surface area contributed by atoms with E-state index in [9.17, 15) is 15.0 Å². The summed E-state index contributed by atoms with van der Waals surface area (Å²) in [6.45, 7) is 3.58. The van der Waals surface area contributed by atoms with Crippen molar-refractivity contribution in [2.24, 2.45) is 0 Å². The lowest BCUT2D eigenvalue weighted by Crippen LogP contribution is -2.29. The highest BCUT2D eigenvalue weighted by Crippen LogP contribution is 2.45. The summed E-state index contributed by atoms with van der Waals surface area (Å²) in [6, 6.07) is 11.1. The van der Waals surface area contributed by atoms with Crippen molar-refractivity contribution in [1.29, 1.82) is 0 Å². The van der Waals surface area contributed by atoms with Gasteiger partial charge in [-0.1, -0.05) is 30.3 Å². The number of hydrogen-bond acceptors (Lipinski definition) is 3. The Morgan fingerprint density at radius 1 is 1.15 bits per heavy atom. The maximum Gasteiger partial charge on any atom is 0.174 e. The number of hydrogen-bond donors (Lipinski definition) is 2. The van der Waals surface area contributed by atoms with Crippen LogP contribution in [-0.2, 0) is 11.8 Å². The molecule has 0 fully saturated rings. The van der Waals surface area contributed by atoms with Crippen LogP contribution in [0.1, 0.15) is 34.0 Å². The third-order valence-corrected chi connectivity index (χ3v) is 4.29. The smallest absolute Gasteiger partial charge is 0.174 e. The van der Waals surface area contributed by atoms with E-state index in [-0.39, 0.29) is 17.3 Å². The molecule has 0 saturated heterocycles. The van der Waals surface area contributed by atoms with E-state index in [1.165, 1.54) is 6.07 Å². The van der Waals surface area contributed by atoms with Crippen molar-refractivity contribution in [3.8, 4) is 11.5 Å². The van der Waals surface area contributed by atoms with Gasteiger partial charge in [-0.25, -0.2) is 0 Å². The fraction of sp³-hybridized carbons (Fsp3) is 0.235. The van der Waals surface area contributed by atoms with Gasteiger partial charge in [0, 0.05) is 11.1 Å². The highest BCUT2D eigenvalue weighted by Gasteiger charge is 2.44. The van der Waals surface area contributed by atoms with Crippen LogP contribution in [0.3, 0.4) is 0 Å². The molecule has 1 atom stereocenters. The third kappa shape index (κ3) is 1.56. The van der Waals surface area contributed by atoms with Crippen LogP contribution in [0.2, 0.25) is 0 Å². The first-order valence-corrected chi connectivity index (χ1v) is 6.60. The van der Waals surface area contributed by atoms with Gasteiger partial charge in [-0.3, -0.25) is 4.79 Å². The zero-order valence-electron chi connectivity index (χ0n) is 11.5. The lowest BCUT2D eigenvalue weighted by molar-refractivity contribution is 0.0914. The Morgan fingerprint density at radius 3 is 2.45 bits per heavy atom. The Balaban J connectivity index is 2.19. The largest absolute Gasteiger partial charge is 0.504 e. The summed E-state index contributed by atoms with van der Waals surface area (Å²) in [6.07, 6.45) is 0.542. The molecule has 3 rings (SSSR count). The summed E-state index contributed by atoms with van der Waals surface area (Å²) in [5.41, 5.74) is 2.14. The molecule has 0 aromatic heterocycles. The monoisotopic (exact) mass is 268 g/mol. The number of phenolic OH excluding ortho intramolecular Hbond substituents is 2. The lowest BCUT2D eigenvalue weighted by atomic mass is 9.79. The number of aromatic hydroxyl groups is 2. The normalized spacial score (nSPS) is 21.0. The van der Waals surface area contributed by atoms with Crippen molar-refractivity contribution >= 4 is 5.78 Å². The number of benzene rings is 2. The molecule has 0 amide bonds. The van der Waals surface area contributed by atoms with Gasteiger partial charge in [0.1, 0.15) is 0 Å². The summed E-state index contributed by atoms with van der Waals surface area (Å²) in [4.78, 5) is 12.8. The minimum atomic E-state index is -0.630. The number of rotatable bonds is 1. The Labute approximate surface area is 117 Å². The van der Waals surface area contributed by atoms with Crippen molar-refractivity contribution in [3.05, 3.63) is 58.7 Å². The number of fused-ring (bicyclic) bond motifs is 1. The fourth-order valence-corrected chi connectivity index (χ4v) is 3.09. The maximum atomic E-state index is 12.8. The van der Waals surface area contributed by atoms with Gasteiger partial charge < -0.3 is 10.2 Å². The maximum absolute atomic E-state index is 12.8. The number of Topliss-reactive ketones (excluding diaryl/α,β-unsaturated/α-hetero) is 1. The molecule has 1 aliphatic carbocycles. The molecule has 0 spiro atoms. The van der Waals surface area contributed by atoms with Gasteiger partial charge in [0.05, 0.1) is 5.41 Å². The Hall–Kier alpha value is -2.29. The van der Waals surface area contributed by atoms with Crippen molar-refractivity contribution < 1.29 is 15.0 Å². The molecular weight excluding hydrogens is 252 g/mol. The molecule has 2 aromatic rings. The standard InChI is InChI=1S/C17H16O3/c1-10-14-11(8-13(18)15(10)19)9-17(2,16(14)20)12-6-4-3-5-7-12/h3-8,18-19H,9H2,1-2H3.